The lowest BCUT2D eigenvalue weighted by Gasteiger charge is -2.12. The zero-order chi connectivity index (χ0) is 14.8. The van der Waals surface area contributed by atoms with Gasteiger partial charge in [0.25, 0.3) is 0 Å². The molecule has 106 valence electrons. The standard InChI is InChI=1S/C17H15ClN2O/c1-11-6-7-14(18)17(8-11)21-16-9-12(10-19)20-15-5-3-2-4-13(15)16/h2-9H,10,19H2,1H3. The van der Waals surface area contributed by atoms with Crippen LogP contribution in [-0.2, 0) is 6.54 Å². The van der Waals surface area contributed by atoms with Crippen LogP contribution in [0.3, 0.4) is 0 Å². The molecule has 1 aromatic heterocycles. The molecule has 0 fully saturated rings. The summed E-state index contributed by atoms with van der Waals surface area (Å²) in [4.78, 5) is 4.50. The zero-order valence-corrected chi connectivity index (χ0v) is 12.4. The van der Waals surface area contributed by atoms with Gasteiger partial charge in [0, 0.05) is 18.0 Å². The fourth-order valence-electron chi connectivity index (χ4n) is 2.19. The molecule has 4 heteroatoms. The Morgan fingerprint density at radius 3 is 2.71 bits per heavy atom. The van der Waals surface area contributed by atoms with Gasteiger partial charge in [-0.3, -0.25) is 4.98 Å². The van der Waals surface area contributed by atoms with Gasteiger partial charge in [0.1, 0.15) is 11.5 Å². The maximum Gasteiger partial charge on any atom is 0.146 e. The van der Waals surface area contributed by atoms with Gasteiger partial charge in [-0.2, -0.15) is 0 Å². The molecule has 0 aliphatic rings. The van der Waals surface area contributed by atoms with Gasteiger partial charge in [-0.25, -0.2) is 0 Å². The highest BCUT2D eigenvalue weighted by Crippen LogP contribution is 2.34. The van der Waals surface area contributed by atoms with E-state index in [1.165, 1.54) is 0 Å². The Morgan fingerprint density at radius 1 is 1.10 bits per heavy atom. The van der Waals surface area contributed by atoms with E-state index in [1.54, 1.807) is 0 Å². The highest BCUT2D eigenvalue weighted by atomic mass is 35.5. The van der Waals surface area contributed by atoms with Crippen LogP contribution in [0, 0.1) is 6.92 Å². The van der Waals surface area contributed by atoms with Crippen LogP contribution >= 0.6 is 11.6 Å². The van der Waals surface area contributed by atoms with Crippen molar-refractivity contribution in [2.24, 2.45) is 5.73 Å². The normalized spacial score (nSPS) is 10.8. The van der Waals surface area contributed by atoms with Crippen LogP contribution in [0.2, 0.25) is 5.02 Å². The minimum atomic E-state index is 0.364. The number of aromatic nitrogens is 1. The number of aryl methyl sites for hydroxylation is 1. The minimum absolute atomic E-state index is 0.364. The smallest absolute Gasteiger partial charge is 0.146 e. The molecule has 3 nitrogen and oxygen atoms in total. The molecule has 0 atom stereocenters. The van der Waals surface area contributed by atoms with Gasteiger partial charge in [-0.1, -0.05) is 29.8 Å². The van der Waals surface area contributed by atoms with Crippen LogP contribution < -0.4 is 10.5 Å². The van der Waals surface area contributed by atoms with E-state index in [4.69, 9.17) is 22.1 Å². The maximum absolute atomic E-state index is 6.21. The predicted octanol–water partition coefficient (Wildman–Crippen LogP) is 4.45. The first kappa shape index (κ1) is 13.9. The summed E-state index contributed by atoms with van der Waals surface area (Å²) in [6, 6.07) is 15.4. The Morgan fingerprint density at radius 2 is 1.90 bits per heavy atom. The lowest BCUT2D eigenvalue weighted by atomic mass is 10.1. The van der Waals surface area contributed by atoms with E-state index in [9.17, 15) is 0 Å². The van der Waals surface area contributed by atoms with Crippen molar-refractivity contribution in [3.8, 4) is 11.5 Å². The van der Waals surface area contributed by atoms with Gasteiger partial charge in [0.15, 0.2) is 0 Å². The number of hydrogen-bond acceptors (Lipinski definition) is 3. The summed E-state index contributed by atoms with van der Waals surface area (Å²) in [5.41, 5.74) is 8.45. The van der Waals surface area contributed by atoms with Crippen LogP contribution in [0.1, 0.15) is 11.3 Å². The number of halogens is 1. The molecular formula is C17H15ClN2O. The molecule has 0 saturated heterocycles. The summed E-state index contributed by atoms with van der Waals surface area (Å²) in [6.07, 6.45) is 0. The van der Waals surface area contributed by atoms with E-state index in [2.05, 4.69) is 4.98 Å². The van der Waals surface area contributed by atoms with Gasteiger partial charge >= 0.3 is 0 Å². The van der Waals surface area contributed by atoms with Gasteiger partial charge in [-0.15, -0.1) is 0 Å². The fraction of sp³-hybridized carbons (Fsp3) is 0.118. The van der Waals surface area contributed by atoms with Crippen LogP contribution in [0.5, 0.6) is 11.5 Å². The third kappa shape index (κ3) is 2.84. The zero-order valence-electron chi connectivity index (χ0n) is 11.6. The summed E-state index contributed by atoms with van der Waals surface area (Å²) >= 11 is 6.21. The number of nitrogens with two attached hydrogens (primary N) is 1. The molecule has 0 unspecified atom stereocenters. The van der Waals surface area contributed by atoms with E-state index in [1.807, 2.05) is 55.5 Å². The fourth-order valence-corrected chi connectivity index (χ4v) is 2.35. The molecular weight excluding hydrogens is 284 g/mol. The second-order valence-electron chi connectivity index (χ2n) is 4.87. The van der Waals surface area contributed by atoms with E-state index in [-0.39, 0.29) is 0 Å². The molecule has 0 bridgehead atoms. The van der Waals surface area contributed by atoms with Gasteiger partial charge in [-0.05, 0) is 36.8 Å². The summed E-state index contributed by atoms with van der Waals surface area (Å²) in [6.45, 7) is 2.36. The SMILES string of the molecule is Cc1ccc(Cl)c(Oc2cc(CN)nc3ccccc23)c1. The highest BCUT2D eigenvalue weighted by molar-refractivity contribution is 6.32. The van der Waals surface area contributed by atoms with Crippen LogP contribution in [0.15, 0.2) is 48.5 Å². The average Bonchev–Trinajstić information content (AvgIpc) is 2.50. The molecule has 1 heterocycles. The Labute approximate surface area is 128 Å². The topological polar surface area (TPSA) is 48.1 Å². The van der Waals surface area contributed by atoms with Gasteiger partial charge in [0.2, 0.25) is 0 Å². The number of hydrogen-bond donors (Lipinski definition) is 1. The Bertz CT molecular complexity index is 802. The van der Waals surface area contributed by atoms with Crippen molar-refractivity contribution in [2.75, 3.05) is 0 Å². The predicted molar refractivity (Wildman–Crippen MR) is 85.9 cm³/mol. The molecule has 2 aromatic carbocycles. The third-order valence-corrected chi connectivity index (χ3v) is 3.56. The second-order valence-corrected chi connectivity index (χ2v) is 5.28. The Kier molecular flexibility index (Phi) is 3.78. The molecule has 0 aliphatic heterocycles. The number of rotatable bonds is 3. The minimum Gasteiger partial charge on any atom is -0.455 e. The van der Waals surface area contributed by atoms with E-state index in [0.717, 1.165) is 22.2 Å². The summed E-state index contributed by atoms with van der Waals surface area (Å²) in [5, 5.41) is 1.52. The van der Waals surface area contributed by atoms with Gasteiger partial charge < -0.3 is 10.5 Å². The third-order valence-electron chi connectivity index (χ3n) is 3.25. The van der Waals surface area contributed by atoms with Crippen LogP contribution in [0.25, 0.3) is 10.9 Å². The number of nitrogens with zero attached hydrogens (tertiary/aromatic N) is 1. The van der Waals surface area contributed by atoms with Crippen molar-refractivity contribution in [3.05, 3.63) is 64.8 Å². The molecule has 0 saturated carbocycles. The number of pyridine rings is 1. The largest absolute Gasteiger partial charge is 0.455 e. The molecule has 0 spiro atoms. The lowest BCUT2D eigenvalue weighted by Crippen LogP contribution is -2.00. The quantitative estimate of drug-likeness (QED) is 0.777. The molecule has 21 heavy (non-hydrogen) atoms. The van der Waals surface area contributed by atoms with Crippen molar-refractivity contribution < 1.29 is 4.74 Å². The molecule has 0 radical (unpaired) electrons. The first-order valence-corrected chi connectivity index (χ1v) is 7.08. The first-order valence-electron chi connectivity index (χ1n) is 6.70. The van der Waals surface area contributed by atoms with Crippen molar-refractivity contribution in [1.82, 2.24) is 4.98 Å². The first-order chi connectivity index (χ1) is 10.2. The number of fused-ring (bicyclic) bond motifs is 1. The monoisotopic (exact) mass is 298 g/mol. The molecule has 3 aromatic rings. The molecule has 0 amide bonds. The Hall–Kier alpha value is -2.10. The number of ether oxygens (including phenoxy) is 1. The van der Waals surface area contributed by atoms with E-state index in [0.29, 0.717) is 23.1 Å². The summed E-state index contributed by atoms with van der Waals surface area (Å²) in [5.74, 6) is 1.35. The molecule has 3 rings (SSSR count). The Balaban J connectivity index is 2.13. The maximum atomic E-state index is 6.21. The number of benzene rings is 2. The van der Waals surface area contributed by atoms with Crippen molar-refractivity contribution in [1.29, 1.82) is 0 Å². The molecule has 0 aliphatic carbocycles. The summed E-state index contributed by atoms with van der Waals surface area (Å²) in [7, 11) is 0. The highest BCUT2D eigenvalue weighted by Gasteiger charge is 2.09. The summed E-state index contributed by atoms with van der Waals surface area (Å²) < 4.78 is 6.02. The lowest BCUT2D eigenvalue weighted by molar-refractivity contribution is 0.487. The van der Waals surface area contributed by atoms with Crippen molar-refractivity contribution in [2.45, 2.75) is 13.5 Å². The van der Waals surface area contributed by atoms with Crippen LogP contribution in [0.4, 0.5) is 0 Å². The number of para-hydroxylation sites is 1. The van der Waals surface area contributed by atoms with E-state index >= 15 is 0 Å². The van der Waals surface area contributed by atoms with Crippen molar-refractivity contribution >= 4 is 22.5 Å². The van der Waals surface area contributed by atoms with Crippen LogP contribution in [-0.4, -0.2) is 4.98 Å². The van der Waals surface area contributed by atoms with E-state index < -0.39 is 0 Å². The average molecular weight is 299 g/mol. The van der Waals surface area contributed by atoms with Crippen molar-refractivity contribution in [3.63, 3.8) is 0 Å². The molecule has 2 N–H and O–H groups in total. The van der Waals surface area contributed by atoms with Gasteiger partial charge in [0.05, 0.1) is 16.2 Å². The second kappa shape index (κ2) is 5.72.